The Bertz CT molecular complexity index is 1640. The quantitative estimate of drug-likeness (QED) is 0.354. The first-order chi connectivity index (χ1) is 18.8. The van der Waals surface area contributed by atoms with E-state index < -0.39 is 16.1 Å². The van der Waals surface area contributed by atoms with E-state index in [1.54, 1.807) is 41.8 Å². The van der Waals surface area contributed by atoms with Gasteiger partial charge in [-0.3, -0.25) is 4.57 Å². The van der Waals surface area contributed by atoms with Crippen LogP contribution in [0, 0.1) is 11.3 Å². The van der Waals surface area contributed by atoms with Crippen molar-refractivity contribution in [2.45, 2.75) is 31.3 Å². The molecule has 0 saturated carbocycles. The van der Waals surface area contributed by atoms with Gasteiger partial charge < -0.3 is 14.5 Å². The number of nitrogens with zero attached hydrogens (tertiary/aromatic N) is 6. The summed E-state index contributed by atoms with van der Waals surface area (Å²) >= 11 is 0. The SMILES string of the molecule is CCn1c(Oc2cccc(N3CCN(C)CC3)c2)nnc1[C@@H](C)NS(=O)(=O)c1ccc2c(C#N)cccc2c1. The fourth-order valence-corrected chi connectivity index (χ4v) is 6.02. The van der Waals surface area contributed by atoms with Gasteiger partial charge in [0.15, 0.2) is 5.82 Å². The summed E-state index contributed by atoms with van der Waals surface area (Å²) in [6.07, 6.45) is 0. The second kappa shape index (κ2) is 11.0. The molecule has 0 bridgehead atoms. The predicted molar refractivity (Wildman–Crippen MR) is 149 cm³/mol. The molecule has 0 aliphatic carbocycles. The lowest BCUT2D eigenvalue weighted by atomic mass is 10.1. The molecule has 10 nitrogen and oxygen atoms in total. The minimum Gasteiger partial charge on any atom is -0.424 e. The molecule has 0 spiro atoms. The fraction of sp³-hybridized carbons (Fsp3) is 0.321. The highest BCUT2D eigenvalue weighted by molar-refractivity contribution is 7.89. The van der Waals surface area contributed by atoms with Crippen molar-refractivity contribution in [2.75, 3.05) is 38.1 Å². The number of hydrogen-bond donors (Lipinski definition) is 1. The second-order valence-electron chi connectivity index (χ2n) is 9.62. The molecule has 1 fully saturated rings. The van der Waals surface area contributed by atoms with E-state index in [9.17, 15) is 13.7 Å². The van der Waals surface area contributed by atoms with Crippen LogP contribution in [-0.2, 0) is 16.6 Å². The van der Waals surface area contributed by atoms with Gasteiger partial charge in [0.2, 0.25) is 10.0 Å². The van der Waals surface area contributed by atoms with Crippen LogP contribution < -0.4 is 14.4 Å². The van der Waals surface area contributed by atoms with Crippen LogP contribution in [-0.4, -0.2) is 61.3 Å². The van der Waals surface area contributed by atoms with Crippen molar-refractivity contribution < 1.29 is 13.2 Å². The molecule has 1 saturated heterocycles. The number of nitriles is 1. The fourth-order valence-electron chi connectivity index (χ4n) is 4.79. The number of piperazine rings is 1. The second-order valence-corrected chi connectivity index (χ2v) is 11.3. The Kier molecular flexibility index (Phi) is 7.52. The van der Waals surface area contributed by atoms with E-state index in [-0.39, 0.29) is 4.90 Å². The monoisotopic (exact) mass is 545 g/mol. The number of fused-ring (bicyclic) bond motifs is 1. The highest BCUT2D eigenvalue weighted by Gasteiger charge is 2.25. The number of ether oxygens (including phenoxy) is 1. The van der Waals surface area contributed by atoms with Gasteiger partial charge in [-0.05, 0) is 62.0 Å². The maximum atomic E-state index is 13.2. The van der Waals surface area contributed by atoms with Gasteiger partial charge in [0.25, 0.3) is 0 Å². The molecular formula is C28H31N7O3S. The van der Waals surface area contributed by atoms with Crippen molar-refractivity contribution in [3.63, 3.8) is 0 Å². The molecule has 202 valence electrons. The zero-order valence-corrected chi connectivity index (χ0v) is 23.0. The van der Waals surface area contributed by atoms with Crippen LogP contribution in [0.5, 0.6) is 11.8 Å². The van der Waals surface area contributed by atoms with E-state index >= 15 is 0 Å². The van der Waals surface area contributed by atoms with Crippen molar-refractivity contribution in [3.05, 3.63) is 72.1 Å². The van der Waals surface area contributed by atoms with Crippen LogP contribution in [0.15, 0.2) is 65.6 Å². The average molecular weight is 546 g/mol. The van der Waals surface area contributed by atoms with Crippen molar-refractivity contribution >= 4 is 26.5 Å². The summed E-state index contributed by atoms with van der Waals surface area (Å²) in [5.41, 5.74) is 1.58. The maximum Gasteiger partial charge on any atom is 0.322 e. The molecule has 39 heavy (non-hydrogen) atoms. The first-order valence-electron chi connectivity index (χ1n) is 12.9. The first kappa shape index (κ1) is 26.6. The Labute approximate surface area is 228 Å². The van der Waals surface area contributed by atoms with Crippen LogP contribution >= 0.6 is 0 Å². The first-order valence-corrected chi connectivity index (χ1v) is 14.4. The molecule has 11 heteroatoms. The zero-order valence-electron chi connectivity index (χ0n) is 22.2. The van der Waals surface area contributed by atoms with Crippen LogP contribution in [0.25, 0.3) is 10.8 Å². The van der Waals surface area contributed by atoms with Crippen LogP contribution in [0.1, 0.15) is 31.3 Å². The summed E-state index contributed by atoms with van der Waals surface area (Å²) in [4.78, 5) is 4.74. The minimum atomic E-state index is -3.88. The molecule has 0 radical (unpaired) electrons. The Morgan fingerprint density at radius 1 is 1.05 bits per heavy atom. The van der Waals surface area contributed by atoms with Crippen LogP contribution in [0.4, 0.5) is 5.69 Å². The van der Waals surface area contributed by atoms with Gasteiger partial charge in [-0.25, -0.2) is 13.1 Å². The van der Waals surface area contributed by atoms with Crippen LogP contribution in [0.2, 0.25) is 0 Å². The van der Waals surface area contributed by atoms with E-state index in [2.05, 4.69) is 43.9 Å². The molecule has 1 aliphatic heterocycles. The number of likely N-dealkylation sites (N-methyl/N-ethyl adjacent to an activating group) is 1. The topological polar surface area (TPSA) is 116 Å². The smallest absolute Gasteiger partial charge is 0.322 e. The predicted octanol–water partition coefficient (Wildman–Crippen LogP) is 3.91. The summed E-state index contributed by atoms with van der Waals surface area (Å²) in [7, 11) is -1.75. The van der Waals surface area contributed by atoms with Gasteiger partial charge in [0, 0.05) is 44.5 Å². The Morgan fingerprint density at radius 3 is 2.56 bits per heavy atom. The Balaban J connectivity index is 1.34. The molecule has 2 heterocycles. The summed E-state index contributed by atoms with van der Waals surface area (Å²) < 4.78 is 37.1. The molecule has 1 atom stereocenters. The standard InChI is InChI=1S/C28H31N7O3S/c1-4-35-27(20(2)32-39(36,37)25-11-12-26-21(17-25)7-5-8-22(26)19-29)30-31-28(35)38-24-10-6-9-23(18-24)34-15-13-33(3)14-16-34/h5-12,17-18,20,32H,4,13-16H2,1-3H3/t20-/m1/s1. The van der Waals surface area contributed by atoms with E-state index in [0.29, 0.717) is 40.5 Å². The molecule has 0 unspecified atom stereocenters. The lowest BCUT2D eigenvalue weighted by Gasteiger charge is -2.34. The summed E-state index contributed by atoms with van der Waals surface area (Å²) in [5.74, 6) is 1.08. The average Bonchev–Trinajstić information content (AvgIpc) is 3.35. The molecular weight excluding hydrogens is 514 g/mol. The number of sulfonamides is 1. The number of aromatic nitrogens is 3. The molecule has 1 aliphatic rings. The number of benzene rings is 3. The zero-order chi connectivity index (χ0) is 27.6. The number of anilines is 1. The number of nitrogens with one attached hydrogen (secondary N) is 1. The highest BCUT2D eigenvalue weighted by atomic mass is 32.2. The summed E-state index contributed by atoms with van der Waals surface area (Å²) in [6.45, 7) is 8.05. The number of rotatable bonds is 8. The third-order valence-corrected chi connectivity index (χ3v) is 8.50. The van der Waals surface area contributed by atoms with E-state index in [1.807, 2.05) is 25.1 Å². The third kappa shape index (κ3) is 5.59. The molecule has 0 amide bonds. The van der Waals surface area contributed by atoms with Crippen molar-refractivity contribution in [2.24, 2.45) is 0 Å². The molecule has 4 aromatic rings. The highest BCUT2D eigenvalue weighted by Crippen LogP contribution is 2.28. The van der Waals surface area contributed by atoms with Crippen molar-refractivity contribution in [1.29, 1.82) is 5.26 Å². The van der Waals surface area contributed by atoms with Gasteiger partial charge >= 0.3 is 6.01 Å². The van der Waals surface area contributed by atoms with Gasteiger partial charge in [0.1, 0.15) is 5.75 Å². The largest absolute Gasteiger partial charge is 0.424 e. The minimum absolute atomic E-state index is 0.108. The van der Waals surface area contributed by atoms with Gasteiger partial charge in [-0.1, -0.05) is 29.4 Å². The van der Waals surface area contributed by atoms with E-state index in [4.69, 9.17) is 4.74 Å². The van der Waals surface area contributed by atoms with Gasteiger partial charge in [0.05, 0.1) is 22.6 Å². The lowest BCUT2D eigenvalue weighted by Crippen LogP contribution is -2.44. The van der Waals surface area contributed by atoms with Gasteiger partial charge in [-0.15, -0.1) is 5.10 Å². The maximum absolute atomic E-state index is 13.2. The summed E-state index contributed by atoms with van der Waals surface area (Å²) in [6, 6.07) is 19.6. The lowest BCUT2D eigenvalue weighted by molar-refractivity contribution is 0.312. The van der Waals surface area contributed by atoms with Crippen molar-refractivity contribution in [1.82, 2.24) is 24.4 Å². The van der Waals surface area contributed by atoms with E-state index in [1.165, 1.54) is 6.07 Å². The third-order valence-electron chi connectivity index (χ3n) is 6.96. The Morgan fingerprint density at radius 2 is 1.82 bits per heavy atom. The normalized spacial score (nSPS) is 15.3. The summed E-state index contributed by atoms with van der Waals surface area (Å²) in [5, 5.41) is 19.2. The molecule has 5 rings (SSSR count). The van der Waals surface area contributed by atoms with Crippen LogP contribution in [0.3, 0.4) is 0 Å². The van der Waals surface area contributed by atoms with Crippen molar-refractivity contribution in [3.8, 4) is 17.8 Å². The molecule has 1 aromatic heterocycles. The molecule has 1 N–H and O–H groups in total. The Hall–Kier alpha value is -3.98. The van der Waals surface area contributed by atoms with E-state index in [0.717, 1.165) is 31.9 Å². The number of hydrogen-bond acceptors (Lipinski definition) is 8. The van der Waals surface area contributed by atoms with Gasteiger partial charge in [-0.2, -0.15) is 5.26 Å². The molecule has 3 aromatic carbocycles.